The molecule has 0 bridgehead atoms. The Morgan fingerprint density at radius 2 is 2.45 bits per heavy atom. The van der Waals surface area contributed by atoms with E-state index in [0.717, 1.165) is 19.4 Å². The lowest BCUT2D eigenvalue weighted by Gasteiger charge is -2.23. The van der Waals surface area contributed by atoms with Gasteiger partial charge in [-0.1, -0.05) is 12.5 Å². The number of nitrogens with zero attached hydrogens (tertiary/aromatic N) is 1. The van der Waals surface area contributed by atoms with Crippen LogP contribution in [0.2, 0.25) is 0 Å². The van der Waals surface area contributed by atoms with Crippen molar-refractivity contribution in [3.63, 3.8) is 0 Å². The number of amides is 1. The van der Waals surface area contributed by atoms with Gasteiger partial charge < -0.3 is 4.90 Å². The lowest BCUT2D eigenvalue weighted by Crippen LogP contribution is -2.27. The Morgan fingerprint density at radius 1 is 1.73 bits per heavy atom. The Hall–Kier alpha value is -0.790. The van der Waals surface area contributed by atoms with Gasteiger partial charge in [-0.3, -0.25) is 4.79 Å². The van der Waals surface area contributed by atoms with Gasteiger partial charge in [-0.15, -0.1) is 0 Å². The molecule has 0 aromatic carbocycles. The van der Waals surface area contributed by atoms with Crippen molar-refractivity contribution < 1.29 is 4.79 Å². The molecule has 1 heterocycles. The summed E-state index contributed by atoms with van der Waals surface area (Å²) in [6, 6.07) is 0. The molecule has 0 saturated carbocycles. The van der Waals surface area contributed by atoms with E-state index in [0.29, 0.717) is 0 Å². The van der Waals surface area contributed by atoms with Gasteiger partial charge in [0, 0.05) is 19.7 Å². The lowest BCUT2D eigenvalue weighted by atomic mass is 10.1. The quantitative estimate of drug-likeness (QED) is 0.563. The summed E-state index contributed by atoms with van der Waals surface area (Å²) in [6.45, 7) is 4.66. The van der Waals surface area contributed by atoms with Crippen molar-refractivity contribution in [3.8, 4) is 0 Å². The Bertz CT molecular complexity index is 184. The average Bonchev–Trinajstić information content (AvgIpc) is 2.05. The first kappa shape index (κ1) is 8.31. The predicted octanol–water partition coefficient (Wildman–Crippen LogP) is 1.92. The third kappa shape index (κ3) is 2.07. The van der Waals surface area contributed by atoms with E-state index in [4.69, 9.17) is 0 Å². The third-order valence-electron chi connectivity index (χ3n) is 2.09. The normalized spacial score (nSPS) is 18.0. The monoisotopic (exact) mass is 153 g/mol. The molecule has 1 aliphatic rings. The topological polar surface area (TPSA) is 20.3 Å². The van der Waals surface area contributed by atoms with Crippen LogP contribution < -0.4 is 0 Å². The van der Waals surface area contributed by atoms with Crippen molar-refractivity contribution in [2.45, 2.75) is 33.1 Å². The second-order valence-electron chi connectivity index (χ2n) is 2.96. The van der Waals surface area contributed by atoms with Gasteiger partial charge in [0.05, 0.1) is 0 Å². The van der Waals surface area contributed by atoms with E-state index < -0.39 is 0 Å². The van der Waals surface area contributed by atoms with E-state index in [9.17, 15) is 4.79 Å². The molecule has 2 heteroatoms. The molecule has 1 amide bonds. The molecular formula is C9H15NO. The molecule has 0 atom stereocenters. The second-order valence-corrected chi connectivity index (χ2v) is 2.96. The van der Waals surface area contributed by atoms with Crippen LogP contribution in [0.25, 0.3) is 0 Å². The number of allylic oxidation sites excluding steroid dienone is 1. The van der Waals surface area contributed by atoms with E-state index in [1.54, 1.807) is 6.92 Å². The standard InChI is InChI=1S/C9H15NO/c1-3-9-5-4-6-10(7-9)8(2)11/h7H,3-6H2,1-2H3. The van der Waals surface area contributed by atoms with Crippen molar-refractivity contribution in [2.75, 3.05) is 6.54 Å². The van der Waals surface area contributed by atoms with E-state index in [1.807, 2.05) is 11.1 Å². The maximum atomic E-state index is 10.9. The molecule has 0 spiro atoms. The minimum atomic E-state index is 0.163. The molecule has 62 valence electrons. The van der Waals surface area contributed by atoms with E-state index >= 15 is 0 Å². The van der Waals surface area contributed by atoms with E-state index in [2.05, 4.69) is 6.92 Å². The summed E-state index contributed by atoms with van der Waals surface area (Å²) in [7, 11) is 0. The van der Waals surface area contributed by atoms with Gasteiger partial charge in [-0.25, -0.2) is 0 Å². The molecule has 0 aromatic heterocycles. The highest BCUT2D eigenvalue weighted by molar-refractivity contribution is 5.74. The van der Waals surface area contributed by atoms with E-state index in [-0.39, 0.29) is 5.91 Å². The minimum absolute atomic E-state index is 0.163. The fourth-order valence-electron chi connectivity index (χ4n) is 1.34. The van der Waals surface area contributed by atoms with Crippen LogP contribution in [0.3, 0.4) is 0 Å². The molecule has 0 aromatic rings. The molecule has 0 N–H and O–H groups in total. The molecule has 0 aliphatic carbocycles. The molecule has 2 nitrogen and oxygen atoms in total. The fourth-order valence-corrected chi connectivity index (χ4v) is 1.34. The van der Waals surface area contributed by atoms with Crippen LogP contribution >= 0.6 is 0 Å². The predicted molar refractivity (Wildman–Crippen MR) is 45.0 cm³/mol. The smallest absolute Gasteiger partial charge is 0.223 e. The summed E-state index contributed by atoms with van der Waals surface area (Å²) in [5, 5.41) is 0. The Balaban J connectivity index is 2.62. The lowest BCUT2D eigenvalue weighted by molar-refractivity contribution is -0.126. The van der Waals surface area contributed by atoms with Crippen molar-refractivity contribution >= 4 is 5.91 Å². The SMILES string of the molecule is CCC1=CN(C(C)=O)CCC1. The minimum Gasteiger partial charge on any atom is -0.319 e. The first-order chi connectivity index (χ1) is 5.24. The first-order valence-corrected chi connectivity index (χ1v) is 4.21. The van der Waals surface area contributed by atoms with Gasteiger partial charge in [0.1, 0.15) is 0 Å². The summed E-state index contributed by atoms with van der Waals surface area (Å²) >= 11 is 0. The number of carbonyl (C=O) groups is 1. The Morgan fingerprint density at radius 3 is 3.00 bits per heavy atom. The van der Waals surface area contributed by atoms with Crippen LogP contribution in [0.1, 0.15) is 33.1 Å². The number of carbonyl (C=O) groups excluding carboxylic acids is 1. The van der Waals surface area contributed by atoms with Crippen molar-refractivity contribution in [2.24, 2.45) is 0 Å². The first-order valence-electron chi connectivity index (χ1n) is 4.21. The highest BCUT2D eigenvalue weighted by Gasteiger charge is 2.11. The summed E-state index contributed by atoms with van der Waals surface area (Å²) in [5.74, 6) is 0.163. The molecule has 11 heavy (non-hydrogen) atoms. The number of hydrogen-bond donors (Lipinski definition) is 0. The zero-order valence-electron chi connectivity index (χ0n) is 7.26. The summed E-state index contributed by atoms with van der Waals surface area (Å²) in [5.41, 5.74) is 1.39. The van der Waals surface area contributed by atoms with E-state index in [1.165, 1.54) is 12.0 Å². The summed E-state index contributed by atoms with van der Waals surface area (Å²) in [6.07, 6.45) is 5.37. The fraction of sp³-hybridized carbons (Fsp3) is 0.667. The van der Waals surface area contributed by atoms with Crippen LogP contribution in [-0.2, 0) is 4.79 Å². The molecule has 1 rings (SSSR count). The Kier molecular flexibility index (Phi) is 2.69. The van der Waals surface area contributed by atoms with Gasteiger partial charge in [-0.2, -0.15) is 0 Å². The third-order valence-corrected chi connectivity index (χ3v) is 2.09. The maximum Gasteiger partial charge on any atom is 0.223 e. The second kappa shape index (κ2) is 3.56. The molecule has 0 saturated heterocycles. The summed E-state index contributed by atoms with van der Waals surface area (Å²) in [4.78, 5) is 12.7. The van der Waals surface area contributed by atoms with Crippen LogP contribution in [0, 0.1) is 0 Å². The van der Waals surface area contributed by atoms with Crippen LogP contribution in [0.4, 0.5) is 0 Å². The highest BCUT2D eigenvalue weighted by atomic mass is 16.2. The van der Waals surface area contributed by atoms with Crippen LogP contribution in [0.15, 0.2) is 11.8 Å². The Labute approximate surface area is 67.9 Å². The number of hydrogen-bond acceptors (Lipinski definition) is 1. The van der Waals surface area contributed by atoms with Gasteiger partial charge in [0.2, 0.25) is 5.91 Å². The molecule has 0 radical (unpaired) electrons. The van der Waals surface area contributed by atoms with Crippen LogP contribution in [-0.4, -0.2) is 17.4 Å². The van der Waals surface area contributed by atoms with Gasteiger partial charge in [0.15, 0.2) is 0 Å². The van der Waals surface area contributed by atoms with Crippen molar-refractivity contribution in [1.29, 1.82) is 0 Å². The van der Waals surface area contributed by atoms with Gasteiger partial charge >= 0.3 is 0 Å². The zero-order chi connectivity index (χ0) is 8.27. The zero-order valence-corrected chi connectivity index (χ0v) is 7.26. The molecule has 0 unspecified atom stereocenters. The average molecular weight is 153 g/mol. The van der Waals surface area contributed by atoms with Crippen LogP contribution in [0.5, 0.6) is 0 Å². The molecule has 0 fully saturated rings. The molecule has 1 aliphatic heterocycles. The van der Waals surface area contributed by atoms with Crippen molar-refractivity contribution in [1.82, 2.24) is 4.90 Å². The van der Waals surface area contributed by atoms with Gasteiger partial charge in [-0.05, 0) is 19.3 Å². The summed E-state index contributed by atoms with van der Waals surface area (Å²) < 4.78 is 0. The highest BCUT2D eigenvalue weighted by Crippen LogP contribution is 2.16. The largest absolute Gasteiger partial charge is 0.319 e. The maximum absolute atomic E-state index is 10.9. The van der Waals surface area contributed by atoms with Crippen molar-refractivity contribution in [3.05, 3.63) is 11.8 Å². The number of rotatable bonds is 1. The molecular weight excluding hydrogens is 138 g/mol. The van der Waals surface area contributed by atoms with Gasteiger partial charge in [0.25, 0.3) is 0 Å².